The van der Waals surface area contributed by atoms with Crippen molar-refractivity contribution in [2.24, 2.45) is 0 Å². The SMILES string of the molecule is CC(C)=COCCOc1ccc(C2(c3ccc(OCCOC=C(C)C)cc3)c3ccccc3-c3ccccc32)cc1. The van der Waals surface area contributed by atoms with E-state index in [0.717, 1.165) is 22.6 Å². The molecule has 0 atom stereocenters. The van der Waals surface area contributed by atoms with Gasteiger partial charge in [0.2, 0.25) is 0 Å². The number of benzene rings is 4. The lowest BCUT2D eigenvalue weighted by molar-refractivity contribution is 0.177. The van der Waals surface area contributed by atoms with E-state index in [-0.39, 0.29) is 0 Å². The fraction of sp³-hybridized carbons (Fsp3) is 0.243. The Hall–Kier alpha value is -4.44. The minimum atomic E-state index is -0.469. The summed E-state index contributed by atoms with van der Waals surface area (Å²) in [6.07, 6.45) is 3.53. The van der Waals surface area contributed by atoms with E-state index in [1.807, 2.05) is 27.7 Å². The van der Waals surface area contributed by atoms with Crippen LogP contribution in [0.3, 0.4) is 0 Å². The minimum absolute atomic E-state index is 0.469. The summed E-state index contributed by atoms with van der Waals surface area (Å²) in [6, 6.07) is 34.5. The molecule has 4 heteroatoms. The molecule has 0 amide bonds. The van der Waals surface area contributed by atoms with Crippen molar-refractivity contribution >= 4 is 0 Å². The van der Waals surface area contributed by atoms with Crippen molar-refractivity contribution in [1.82, 2.24) is 0 Å². The van der Waals surface area contributed by atoms with Gasteiger partial charge in [0.25, 0.3) is 0 Å². The van der Waals surface area contributed by atoms with Gasteiger partial charge in [0, 0.05) is 0 Å². The number of ether oxygens (including phenoxy) is 4. The quantitative estimate of drug-likeness (QED) is 0.116. The van der Waals surface area contributed by atoms with Crippen LogP contribution < -0.4 is 9.47 Å². The highest BCUT2D eigenvalue weighted by Gasteiger charge is 2.45. The molecule has 0 fully saturated rings. The van der Waals surface area contributed by atoms with Gasteiger partial charge in [-0.3, -0.25) is 0 Å². The van der Waals surface area contributed by atoms with E-state index in [4.69, 9.17) is 18.9 Å². The smallest absolute Gasteiger partial charge is 0.122 e. The largest absolute Gasteiger partial charge is 0.498 e. The summed E-state index contributed by atoms with van der Waals surface area (Å²) < 4.78 is 23.0. The molecular weight excluding hydrogens is 508 g/mol. The Balaban J connectivity index is 1.47. The van der Waals surface area contributed by atoms with Crippen LogP contribution in [0.4, 0.5) is 0 Å². The number of hydrogen-bond acceptors (Lipinski definition) is 4. The molecule has 0 spiro atoms. The van der Waals surface area contributed by atoms with E-state index >= 15 is 0 Å². The van der Waals surface area contributed by atoms with Gasteiger partial charge in [-0.15, -0.1) is 0 Å². The third-order valence-corrected chi connectivity index (χ3v) is 7.10. The second-order valence-electron chi connectivity index (χ2n) is 10.7. The molecular formula is C37H38O4. The van der Waals surface area contributed by atoms with Crippen LogP contribution in [-0.4, -0.2) is 26.4 Å². The van der Waals surface area contributed by atoms with Gasteiger partial charge in [0.15, 0.2) is 0 Å². The first-order valence-electron chi connectivity index (χ1n) is 14.2. The van der Waals surface area contributed by atoms with Gasteiger partial charge in [-0.1, -0.05) is 72.8 Å². The summed E-state index contributed by atoms with van der Waals surface area (Å²) >= 11 is 0. The summed E-state index contributed by atoms with van der Waals surface area (Å²) in [7, 11) is 0. The maximum absolute atomic E-state index is 5.98. The van der Waals surface area contributed by atoms with Crippen molar-refractivity contribution < 1.29 is 18.9 Å². The standard InChI is InChI=1S/C37H38O4/c1-27(2)25-38-21-23-40-31-17-13-29(14-18-31)37(30-15-19-32(20-16-30)41-24-22-39-26-28(3)4)35-11-7-5-9-33(35)34-10-6-8-12-36(34)37/h5-20,25-26H,21-24H2,1-4H3. The molecule has 0 bridgehead atoms. The van der Waals surface area contributed by atoms with Gasteiger partial charge in [0.1, 0.15) is 37.9 Å². The Morgan fingerprint density at radius 2 is 0.902 bits per heavy atom. The van der Waals surface area contributed by atoms with Gasteiger partial charge < -0.3 is 18.9 Å². The Morgan fingerprint density at radius 3 is 1.29 bits per heavy atom. The maximum atomic E-state index is 5.98. The van der Waals surface area contributed by atoms with Crippen LogP contribution in [0.1, 0.15) is 49.9 Å². The predicted molar refractivity (Wildman–Crippen MR) is 166 cm³/mol. The zero-order valence-electron chi connectivity index (χ0n) is 24.4. The molecule has 41 heavy (non-hydrogen) atoms. The third kappa shape index (κ3) is 6.02. The molecule has 0 saturated heterocycles. The highest BCUT2D eigenvalue weighted by Crippen LogP contribution is 2.56. The monoisotopic (exact) mass is 546 g/mol. The molecule has 1 aliphatic rings. The van der Waals surface area contributed by atoms with E-state index in [1.165, 1.54) is 33.4 Å². The average molecular weight is 547 g/mol. The molecule has 210 valence electrons. The highest BCUT2D eigenvalue weighted by atomic mass is 16.5. The molecule has 1 aliphatic carbocycles. The topological polar surface area (TPSA) is 36.9 Å². The number of hydrogen-bond donors (Lipinski definition) is 0. The van der Waals surface area contributed by atoms with Crippen LogP contribution in [0.2, 0.25) is 0 Å². The molecule has 4 aromatic rings. The lowest BCUT2D eigenvalue weighted by Gasteiger charge is -2.34. The normalized spacial score (nSPS) is 12.5. The van der Waals surface area contributed by atoms with Crippen molar-refractivity contribution in [2.45, 2.75) is 33.1 Å². The molecule has 4 nitrogen and oxygen atoms in total. The molecule has 0 radical (unpaired) electrons. The summed E-state index contributed by atoms with van der Waals surface area (Å²) in [5.41, 5.74) is 9.23. The van der Waals surface area contributed by atoms with Crippen LogP contribution in [0.25, 0.3) is 11.1 Å². The second-order valence-corrected chi connectivity index (χ2v) is 10.7. The minimum Gasteiger partial charge on any atom is -0.498 e. The Labute approximate surface area is 243 Å². The van der Waals surface area contributed by atoms with Gasteiger partial charge >= 0.3 is 0 Å². The predicted octanol–water partition coefficient (Wildman–Crippen LogP) is 8.69. The Bertz CT molecular complexity index is 1390. The fourth-order valence-electron chi connectivity index (χ4n) is 5.49. The van der Waals surface area contributed by atoms with Crippen LogP contribution in [0.15, 0.2) is 121 Å². The van der Waals surface area contributed by atoms with E-state index in [1.54, 1.807) is 12.5 Å². The molecule has 0 aliphatic heterocycles. The van der Waals surface area contributed by atoms with E-state index in [0.29, 0.717) is 26.4 Å². The summed E-state index contributed by atoms with van der Waals surface area (Å²) in [5, 5.41) is 0. The number of fused-ring (bicyclic) bond motifs is 3. The Kier molecular flexibility index (Phi) is 8.79. The van der Waals surface area contributed by atoms with Gasteiger partial charge in [-0.25, -0.2) is 0 Å². The zero-order chi connectivity index (χ0) is 28.7. The average Bonchev–Trinajstić information content (AvgIpc) is 3.28. The van der Waals surface area contributed by atoms with Crippen molar-refractivity contribution in [3.05, 3.63) is 143 Å². The van der Waals surface area contributed by atoms with Crippen LogP contribution >= 0.6 is 0 Å². The van der Waals surface area contributed by atoms with Gasteiger partial charge in [-0.2, -0.15) is 0 Å². The van der Waals surface area contributed by atoms with Crippen molar-refractivity contribution in [1.29, 1.82) is 0 Å². The first kappa shape index (κ1) is 28.1. The summed E-state index contributed by atoms with van der Waals surface area (Å²) in [6.45, 7) is 10.0. The van der Waals surface area contributed by atoms with E-state index in [2.05, 4.69) is 97.1 Å². The molecule has 4 aromatic carbocycles. The number of allylic oxidation sites excluding steroid dienone is 2. The van der Waals surface area contributed by atoms with E-state index < -0.39 is 5.41 Å². The molecule has 0 aromatic heterocycles. The molecule has 0 N–H and O–H groups in total. The maximum Gasteiger partial charge on any atom is 0.122 e. The van der Waals surface area contributed by atoms with Crippen LogP contribution in [-0.2, 0) is 14.9 Å². The molecule has 0 saturated carbocycles. The van der Waals surface area contributed by atoms with Crippen LogP contribution in [0, 0.1) is 0 Å². The molecule has 0 unspecified atom stereocenters. The van der Waals surface area contributed by atoms with Gasteiger partial charge in [0.05, 0.1) is 17.9 Å². The first-order chi connectivity index (χ1) is 20.0. The first-order valence-corrected chi connectivity index (χ1v) is 14.2. The summed E-state index contributed by atoms with van der Waals surface area (Å²) in [4.78, 5) is 0. The lowest BCUT2D eigenvalue weighted by Crippen LogP contribution is -2.28. The van der Waals surface area contributed by atoms with Crippen molar-refractivity contribution in [3.8, 4) is 22.6 Å². The third-order valence-electron chi connectivity index (χ3n) is 7.10. The second kappa shape index (κ2) is 12.8. The molecule has 5 rings (SSSR count). The highest BCUT2D eigenvalue weighted by molar-refractivity contribution is 5.86. The fourth-order valence-corrected chi connectivity index (χ4v) is 5.49. The summed E-state index contributed by atoms with van der Waals surface area (Å²) in [5.74, 6) is 1.65. The lowest BCUT2D eigenvalue weighted by atomic mass is 9.68. The van der Waals surface area contributed by atoms with Gasteiger partial charge in [-0.05, 0) is 96.5 Å². The van der Waals surface area contributed by atoms with E-state index in [9.17, 15) is 0 Å². The van der Waals surface area contributed by atoms with Crippen LogP contribution in [0.5, 0.6) is 11.5 Å². The zero-order valence-corrected chi connectivity index (χ0v) is 24.4. The Morgan fingerprint density at radius 1 is 0.512 bits per heavy atom. The number of rotatable bonds is 12. The van der Waals surface area contributed by atoms with Crippen molar-refractivity contribution in [2.75, 3.05) is 26.4 Å². The molecule has 0 heterocycles. The van der Waals surface area contributed by atoms with Crippen molar-refractivity contribution in [3.63, 3.8) is 0 Å².